The van der Waals surface area contributed by atoms with Gasteiger partial charge in [-0.15, -0.1) is 35.0 Å². The van der Waals surface area contributed by atoms with E-state index in [1.807, 2.05) is 0 Å². The standard InChI is InChI=1S/C13H14Cl2O4S/c1-19-9-4-2-8(3-5-9)11(16)10(15)12(13(17)18)20-7-6-14/h2-5,10,12H,6-7H2,1H3,(H,17,18). The summed E-state index contributed by atoms with van der Waals surface area (Å²) in [5.41, 5.74) is 0.350. The van der Waals surface area contributed by atoms with Gasteiger partial charge in [-0.3, -0.25) is 9.59 Å². The van der Waals surface area contributed by atoms with Crippen LogP contribution in [0.5, 0.6) is 5.75 Å². The Morgan fingerprint density at radius 2 is 1.95 bits per heavy atom. The van der Waals surface area contributed by atoms with Gasteiger partial charge in [0.05, 0.1) is 7.11 Å². The summed E-state index contributed by atoms with van der Waals surface area (Å²) in [4.78, 5) is 23.3. The molecule has 4 nitrogen and oxygen atoms in total. The molecule has 0 aliphatic rings. The van der Waals surface area contributed by atoms with Crippen LogP contribution in [0.15, 0.2) is 24.3 Å². The van der Waals surface area contributed by atoms with Crippen molar-refractivity contribution in [3.8, 4) is 5.75 Å². The Hall–Kier alpha value is -0.910. The summed E-state index contributed by atoms with van der Waals surface area (Å²) in [6, 6.07) is 6.36. The smallest absolute Gasteiger partial charge is 0.318 e. The van der Waals surface area contributed by atoms with E-state index in [2.05, 4.69) is 0 Å². The number of hydrogen-bond donors (Lipinski definition) is 1. The second-order valence-electron chi connectivity index (χ2n) is 3.81. The van der Waals surface area contributed by atoms with Gasteiger partial charge in [0.25, 0.3) is 0 Å². The number of carbonyl (C=O) groups is 2. The van der Waals surface area contributed by atoms with Crippen molar-refractivity contribution in [3.63, 3.8) is 0 Å². The van der Waals surface area contributed by atoms with E-state index < -0.39 is 22.4 Å². The molecule has 0 aromatic heterocycles. The second-order valence-corrected chi connectivity index (χ2v) is 5.91. The molecular weight excluding hydrogens is 323 g/mol. The lowest BCUT2D eigenvalue weighted by atomic mass is 10.1. The van der Waals surface area contributed by atoms with Crippen LogP contribution in [0.2, 0.25) is 0 Å². The molecule has 1 aromatic rings. The Bertz CT molecular complexity index is 464. The minimum absolute atomic E-state index is 0.300. The average Bonchev–Trinajstić information content (AvgIpc) is 2.46. The van der Waals surface area contributed by atoms with E-state index in [9.17, 15) is 9.59 Å². The normalized spacial score (nSPS) is 13.6. The summed E-state index contributed by atoms with van der Waals surface area (Å²) in [5.74, 6) is -0.225. The molecule has 0 fully saturated rings. The average molecular weight is 337 g/mol. The lowest BCUT2D eigenvalue weighted by molar-refractivity contribution is -0.136. The molecule has 1 N–H and O–H groups in total. The number of aliphatic carboxylic acids is 1. The lowest BCUT2D eigenvalue weighted by Gasteiger charge is -2.16. The molecule has 0 aliphatic carbocycles. The summed E-state index contributed by atoms with van der Waals surface area (Å²) in [6.45, 7) is 0. The number of carboxylic acid groups (broad SMARTS) is 1. The van der Waals surface area contributed by atoms with E-state index in [-0.39, 0.29) is 0 Å². The van der Waals surface area contributed by atoms with E-state index >= 15 is 0 Å². The molecule has 20 heavy (non-hydrogen) atoms. The molecule has 0 amide bonds. The summed E-state index contributed by atoms with van der Waals surface area (Å²) < 4.78 is 4.99. The van der Waals surface area contributed by atoms with Gasteiger partial charge in [-0.2, -0.15) is 0 Å². The highest BCUT2D eigenvalue weighted by Gasteiger charge is 2.32. The third kappa shape index (κ3) is 4.58. The SMILES string of the molecule is COc1ccc(C(=O)C(Cl)C(SCCCl)C(=O)O)cc1. The van der Waals surface area contributed by atoms with Crippen molar-refractivity contribution in [3.05, 3.63) is 29.8 Å². The molecule has 2 unspecified atom stereocenters. The van der Waals surface area contributed by atoms with Crippen LogP contribution in [-0.2, 0) is 4.79 Å². The third-order valence-electron chi connectivity index (χ3n) is 2.51. The van der Waals surface area contributed by atoms with Crippen molar-refractivity contribution in [2.75, 3.05) is 18.7 Å². The largest absolute Gasteiger partial charge is 0.497 e. The number of carboxylic acids is 1. The number of rotatable bonds is 8. The fraction of sp³-hybridized carbons (Fsp3) is 0.385. The van der Waals surface area contributed by atoms with Gasteiger partial charge in [-0.05, 0) is 24.3 Å². The maximum atomic E-state index is 12.2. The zero-order chi connectivity index (χ0) is 15.1. The van der Waals surface area contributed by atoms with Crippen molar-refractivity contribution in [1.82, 2.24) is 0 Å². The summed E-state index contributed by atoms with van der Waals surface area (Å²) in [5, 5.41) is 6.96. The Balaban J connectivity index is 2.83. The van der Waals surface area contributed by atoms with Crippen molar-refractivity contribution in [2.45, 2.75) is 10.6 Å². The second kappa shape index (κ2) is 8.39. The van der Waals surface area contributed by atoms with Crippen LogP contribution in [0.4, 0.5) is 0 Å². The lowest BCUT2D eigenvalue weighted by Crippen LogP contribution is -2.34. The Morgan fingerprint density at radius 3 is 2.40 bits per heavy atom. The van der Waals surface area contributed by atoms with Crippen molar-refractivity contribution in [1.29, 1.82) is 0 Å². The van der Waals surface area contributed by atoms with Gasteiger partial charge in [0.15, 0.2) is 5.78 Å². The monoisotopic (exact) mass is 336 g/mol. The Labute approximate surface area is 131 Å². The van der Waals surface area contributed by atoms with Crippen LogP contribution >= 0.6 is 35.0 Å². The number of methoxy groups -OCH3 is 1. The maximum Gasteiger partial charge on any atom is 0.318 e. The van der Waals surface area contributed by atoms with Gasteiger partial charge in [-0.25, -0.2) is 0 Å². The number of ether oxygens (including phenoxy) is 1. The highest BCUT2D eigenvalue weighted by molar-refractivity contribution is 8.00. The number of thioether (sulfide) groups is 1. The summed E-state index contributed by atoms with van der Waals surface area (Å²) in [7, 11) is 1.52. The topological polar surface area (TPSA) is 63.6 Å². The quantitative estimate of drug-likeness (QED) is 0.584. The molecule has 1 aromatic carbocycles. The van der Waals surface area contributed by atoms with Crippen LogP contribution < -0.4 is 4.74 Å². The van der Waals surface area contributed by atoms with E-state index in [0.29, 0.717) is 22.9 Å². The number of benzene rings is 1. The van der Waals surface area contributed by atoms with Gasteiger partial charge in [0.2, 0.25) is 0 Å². The van der Waals surface area contributed by atoms with Crippen LogP contribution in [0.25, 0.3) is 0 Å². The van der Waals surface area contributed by atoms with E-state index in [4.69, 9.17) is 33.0 Å². The number of ketones is 1. The maximum absolute atomic E-state index is 12.2. The number of carbonyl (C=O) groups excluding carboxylic acids is 1. The zero-order valence-corrected chi connectivity index (χ0v) is 13.0. The fourth-order valence-electron chi connectivity index (χ4n) is 1.50. The van der Waals surface area contributed by atoms with Crippen LogP contribution in [0, 0.1) is 0 Å². The molecule has 1 rings (SSSR count). The molecule has 0 bridgehead atoms. The summed E-state index contributed by atoms with van der Waals surface area (Å²) in [6.07, 6.45) is 0. The van der Waals surface area contributed by atoms with E-state index in [1.165, 1.54) is 7.11 Å². The third-order valence-corrected chi connectivity index (χ3v) is 4.79. The molecule has 0 heterocycles. The fourth-order valence-corrected chi connectivity index (χ4v) is 3.00. The number of alkyl halides is 2. The van der Waals surface area contributed by atoms with Crippen molar-refractivity contribution >= 4 is 46.7 Å². The molecule has 0 radical (unpaired) electrons. The molecule has 110 valence electrons. The number of Topliss-reactive ketones (excluding diaryl/α,β-unsaturated/α-hetero) is 1. The van der Waals surface area contributed by atoms with Crippen molar-refractivity contribution < 1.29 is 19.4 Å². The highest BCUT2D eigenvalue weighted by Crippen LogP contribution is 2.24. The molecule has 0 spiro atoms. The van der Waals surface area contributed by atoms with Gasteiger partial charge < -0.3 is 9.84 Å². The van der Waals surface area contributed by atoms with Crippen molar-refractivity contribution in [2.24, 2.45) is 0 Å². The minimum atomic E-state index is -1.14. The predicted octanol–water partition coefficient (Wildman–Crippen LogP) is 2.91. The first-order valence-electron chi connectivity index (χ1n) is 5.74. The molecule has 7 heteroatoms. The molecule has 0 saturated carbocycles. The van der Waals surface area contributed by atoms with Crippen LogP contribution in [0.3, 0.4) is 0 Å². The van der Waals surface area contributed by atoms with Crippen LogP contribution in [0.1, 0.15) is 10.4 Å². The van der Waals surface area contributed by atoms with Gasteiger partial charge in [-0.1, -0.05) is 0 Å². The first-order chi connectivity index (χ1) is 9.51. The van der Waals surface area contributed by atoms with E-state index in [1.54, 1.807) is 24.3 Å². The number of halogens is 2. The first-order valence-corrected chi connectivity index (χ1v) is 7.76. The molecule has 0 aliphatic heterocycles. The first kappa shape index (κ1) is 17.1. The van der Waals surface area contributed by atoms with Gasteiger partial charge >= 0.3 is 5.97 Å². The Morgan fingerprint density at radius 1 is 1.35 bits per heavy atom. The molecular formula is C13H14Cl2O4S. The minimum Gasteiger partial charge on any atom is -0.497 e. The van der Waals surface area contributed by atoms with Gasteiger partial charge in [0.1, 0.15) is 16.4 Å². The van der Waals surface area contributed by atoms with Crippen LogP contribution in [-0.4, -0.2) is 46.2 Å². The highest BCUT2D eigenvalue weighted by atomic mass is 35.5. The predicted molar refractivity (Wildman–Crippen MR) is 81.6 cm³/mol. The zero-order valence-electron chi connectivity index (χ0n) is 10.7. The Kier molecular flexibility index (Phi) is 7.19. The van der Waals surface area contributed by atoms with E-state index in [0.717, 1.165) is 11.8 Å². The molecule has 2 atom stereocenters. The molecule has 0 saturated heterocycles. The summed E-state index contributed by atoms with van der Waals surface area (Å²) >= 11 is 12.6. The van der Waals surface area contributed by atoms with Gasteiger partial charge in [0, 0.05) is 17.2 Å². The number of hydrogen-bond acceptors (Lipinski definition) is 4.